The number of aliphatic imine (C=N–C) groups is 2. The minimum atomic E-state index is -0.445. The monoisotopic (exact) mass is 312 g/mol. The fraction of sp³-hybridized carbons (Fsp3) is 0.0625. The number of nitrogens with one attached hydrogen (secondary N) is 1. The fourth-order valence-corrected chi connectivity index (χ4v) is 2.44. The first-order chi connectivity index (χ1) is 10.7. The Labute approximate surface area is 132 Å². The van der Waals surface area contributed by atoms with Crippen LogP contribution in [0.15, 0.2) is 58.5 Å². The van der Waals surface area contributed by atoms with Crippen LogP contribution in [0.1, 0.15) is 11.1 Å². The molecule has 0 spiro atoms. The molecule has 0 aliphatic carbocycles. The average Bonchev–Trinajstić information content (AvgIpc) is 2.74. The van der Waals surface area contributed by atoms with Gasteiger partial charge in [-0.2, -0.15) is 0 Å². The molecule has 2 aromatic rings. The Kier molecular flexibility index (Phi) is 4.00. The van der Waals surface area contributed by atoms with E-state index in [1.807, 2.05) is 30.3 Å². The smallest absolute Gasteiger partial charge is 0.281 e. The molecule has 22 heavy (non-hydrogen) atoms. The molecule has 0 bridgehead atoms. The molecule has 1 aliphatic rings. The van der Waals surface area contributed by atoms with Gasteiger partial charge < -0.3 is 0 Å². The van der Waals surface area contributed by atoms with Gasteiger partial charge in [-0.15, -0.1) is 0 Å². The highest BCUT2D eigenvalue weighted by atomic mass is 35.5. The van der Waals surface area contributed by atoms with E-state index in [1.54, 1.807) is 18.2 Å². The second-order valence-electron chi connectivity index (χ2n) is 4.72. The molecule has 1 amide bonds. The molecule has 3 N–H and O–H groups in total. The fourth-order valence-electron chi connectivity index (χ4n) is 2.26. The molecule has 0 radical (unpaired) electrons. The predicted molar refractivity (Wildman–Crippen MR) is 87.8 cm³/mol. The van der Waals surface area contributed by atoms with Crippen LogP contribution in [-0.4, -0.2) is 23.9 Å². The summed E-state index contributed by atoms with van der Waals surface area (Å²) in [4.78, 5) is 20.7. The number of hydrogen-bond acceptors (Lipinski definition) is 4. The van der Waals surface area contributed by atoms with E-state index >= 15 is 0 Å². The molecule has 1 aliphatic heterocycles. The first-order valence-electron chi connectivity index (χ1n) is 6.67. The maximum Gasteiger partial charge on any atom is 0.281 e. The van der Waals surface area contributed by atoms with Crippen molar-refractivity contribution in [1.29, 1.82) is 0 Å². The lowest BCUT2D eigenvalue weighted by atomic mass is 10.0. The van der Waals surface area contributed by atoms with Gasteiger partial charge in [-0.1, -0.05) is 41.9 Å². The van der Waals surface area contributed by atoms with Crippen LogP contribution >= 0.6 is 11.6 Å². The number of amides is 1. The molecular weight excluding hydrogens is 300 g/mol. The summed E-state index contributed by atoms with van der Waals surface area (Å²) in [7, 11) is 0. The molecule has 0 saturated carbocycles. The Bertz CT molecular complexity index is 784. The summed E-state index contributed by atoms with van der Waals surface area (Å²) in [6, 6.07) is 15.0. The third-order valence-corrected chi connectivity index (χ3v) is 3.53. The van der Waals surface area contributed by atoms with E-state index in [4.69, 9.17) is 17.4 Å². The topological polar surface area (TPSA) is 79.8 Å². The van der Waals surface area contributed by atoms with Crippen molar-refractivity contribution in [1.82, 2.24) is 5.43 Å². The van der Waals surface area contributed by atoms with Crippen molar-refractivity contribution >= 4 is 34.6 Å². The number of carbonyl (C=O) groups excluding carboxylic acids is 1. The van der Waals surface area contributed by atoms with Gasteiger partial charge in [-0.25, -0.2) is 10.8 Å². The first kappa shape index (κ1) is 14.4. The normalized spacial score (nSPS) is 13.5. The number of nitrogens with two attached hydrogens (primary N) is 1. The molecule has 0 unspecified atom stereocenters. The second kappa shape index (κ2) is 6.09. The summed E-state index contributed by atoms with van der Waals surface area (Å²) in [5, 5.41) is 0.587. The number of rotatable bonds is 2. The lowest BCUT2D eigenvalue weighted by molar-refractivity contribution is -0.114. The molecule has 2 aromatic carbocycles. The average molecular weight is 313 g/mol. The summed E-state index contributed by atoms with van der Waals surface area (Å²) in [6.07, 6.45) is 0. The Morgan fingerprint density at radius 1 is 1.18 bits per heavy atom. The van der Waals surface area contributed by atoms with Crippen LogP contribution < -0.4 is 11.3 Å². The van der Waals surface area contributed by atoms with Gasteiger partial charge in [0.1, 0.15) is 5.71 Å². The Morgan fingerprint density at radius 3 is 2.68 bits per heavy atom. The lowest BCUT2D eigenvalue weighted by Crippen LogP contribution is -2.37. The predicted octanol–water partition coefficient (Wildman–Crippen LogP) is 2.25. The van der Waals surface area contributed by atoms with Crippen molar-refractivity contribution in [3.05, 3.63) is 64.7 Å². The molecule has 6 heteroatoms. The van der Waals surface area contributed by atoms with E-state index in [9.17, 15) is 4.79 Å². The lowest BCUT2D eigenvalue weighted by Gasteiger charge is -2.08. The summed E-state index contributed by atoms with van der Waals surface area (Å²) in [5.41, 5.74) is 5.48. The molecule has 5 nitrogen and oxygen atoms in total. The van der Waals surface area contributed by atoms with Crippen LogP contribution in [0.4, 0.5) is 5.69 Å². The summed E-state index contributed by atoms with van der Waals surface area (Å²) >= 11 is 6.11. The zero-order chi connectivity index (χ0) is 15.5. The van der Waals surface area contributed by atoms with Crippen LogP contribution in [-0.2, 0) is 4.79 Å². The van der Waals surface area contributed by atoms with E-state index in [0.717, 1.165) is 16.8 Å². The molecular formula is C16H13ClN4O. The van der Waals surface area contributed by atoms with Gasteiger partial charge in [-0.05, 0) is 18.2 Å². The summed E-state index contributed by atoms with van der Waals surface area (Å²) < 4.78 is 0. The van der Waals surface area contributed by atoms with Crippen LogP contribution in [0.2, 0.25) is 5.02 Å². The maximum absolute atomic E-state index is 11.8. The quantitative estimate of drug-likeness (QED) is 0.507. The number of halogens is 1. The van der Waals surface area contributed by atoms with Crippen molar-refractivity contribution in [2.24, 2.45) is 15.8 Å². The Hall–Kier alpha value is -2.50. The number of carbonyl (C=O) groups is 1. The zero-order valence-corrected chi connectivity index (χ0v) is 12.3. The van der Waals surface area contributed by atoms with Gasteiger partial charge in [0.05, 0.1) is 17.9 Å². The highest BCUT2D eigenvalue weighted by molar-refractivity contribution is 6.41. The Morgan fingerprint density at radius 2 is 1.95 bits per heavy atom. The Balaban J connectivity index is 2.17. The molecule has 0 aromatic heterocycles. The van der Waals surface area contributed by atoms with Crippen LogP contribution in [0, 0.1) is 0 Å². The van der Waals surface area contributed by atoms with E-state index in [1.165, 1.54) is 0 Å². The minimum absolute atomic E-state index is 0.152. The van der Waals surface area contributed by atoms with Crippen molar-refractivity contribution < 1.29 is 4.79 Å². The van der Waals surface area contributed by atoms with Gasteiger partial charge in [0.25, 0.3) is 5.91 Å². The molecule has 1 heterocycles. The number of fused-ring (bicyclic) bond motifs is 1. The second-order valence-corrected chi connectivity index (χ2v) is 5.16. The first-order valence-corrected chi connectivity index (χ1v) is 7.05. The minimum Gasteiger partial charge on any atom is -0.289 e. The molecule has 0 atom stereocenters. The third-order valence-electron chi connectivity index (χ3n) is 3.30. The number of hydrogen-bond donors (Lipinski definition) is 2. The molecule has 0 saturated heterocycles. The maximum atomic E-state index is 11.8. The zero-order valence-electron chi connectivity index (χ0n) is 11.6. The van der Waals surface area contributed by atoms with Crippen LogP contribution in [0.5, 0.6) is 0 Å². The van der Waals surface area contributed by atoms with Crippen LogP contribution in [0.3, 0.4) is 0 Å². The van der Waals surface area contributed by atoms with Crippen molar-refractivity contribution in [2.75, 3.05) is 6.54 Å². The van der Waals surface area contributed by atoms with Crippen molar-refractivity contribution in [3.8, 4) is 0 Å². The molecule has 3 rings (SSSR count). The van der Waals surface area contributed by atoms with Crippen molar-refractivity contribution in [2.45, 2.75) is 0 Å². The van der Waals surface area contributed by atoms with Gasteiger partial charge in [0, 0.05) is 16.1 Å². The SMILES string of the molecule is NNC(=O)C1=Nc2ccc(Cl)cc2C(c2ccccc2)=NC1. The number of benzene rings is 2. The van der Waals surface area contributed by atoms with E-state index < -0.39 is 5.91 Å². The van der Waals surface area contributed by atoms with E-state index in [0.29, 0.717) is 10.7 Å². The largest absolute Gasteiger partial charge is 0.289 e. The number of hydrazine groups is 1. The molecule has 0 fully saturated rings. The van der Waals surface area contributed by atoms with Crippen LogP contribution in [0.25, 0.3) is 0 Å². The summed E-state index contributed by atoms with van der Waals surface area (Å²) in [5.74, 6) is 4.75. The number of nitrogens with zero attached hydrogens (tertiary/aromatic N) is 2. The van der Waals surface area contributed by atoms with Gasteiger partial charge in [0.15, 0.2) is 0 Å². The van der Waals surface area contributed by atoms with Gasteiger partial charge in [-0.3, -0.25) is 15.2 Å². The summed E-state index contributed by atoms with van der Waals surface area (Å²) in [6.45, 7) is 0.152. The van der Waals surface area contributed by atoms with E-state index in [-0.39, 0.29) is 12.3 Å². The van der Waals surface area contributed by atoms with E-state index in [2.05, 4.69) is 15.4 Å². The molecule has 110 valence electrons. The highest BCUT2D eigenvalue weighted by Crippen LogP contribution is 2.28. The van der Waals surface area contributed by atoms with Gasteiger partial charge in [0.2, 0.25) is 0 Å². The van der Waals surface area contributed by atoms with Gasteiger partial charge >= 0.3 is 0 Å². The third kappa shape index (κ3) is 2.77. The highest BCUT2D eigenvalue weighted by Gasteiger charge is 2.19. The van der Waals surface area contributed by atoms with Crippen molar-refractivity contribution in [3.63, 3.8) is 0 Å². The standard InChI is InChI=1S/C16H13ClN4O/c17-11-6-7-13-12(8-11)15(10-4-2-1-3-5-10)19-9-14(20-13)16(22)21-18/h1-8H,9,18H2,(H,21,22).